The van der Waals surface area contributed by atoms with E-state index in [2.05, 4.69) is 10.4 Å². The molecule has 1 unspecified atom stereocenters. The van der Waals surface area contributed by atoms with E-state index in [1.807, 2.05) is 19.2 Å². The molecule has 0 saturated carbocycles. The summed E-state index contributed by atoms with van der Waals surface area (Å²) in [7, 11) is 1.81. The first-order valence-corrected chi connectivity index (χ1v) is 7.99. The second-order valence-corrected chi connectivity index (χ2v) is 5.91. The first-order chi connectivity index (χ1) is 11.6. The molecular weight excluding hydrogens is 342 g/mol. The predicted molar refractivity (Wildman–Crippen MR) is 97.6 cm³/mol. The van der Waals surface area contributed by atoms with E-state index in [1.54, 1.807) is 34.0 Å². The van der Waals surface area contributed by atoms with Crippen LogP contribution in [0.4, 0.5) is 5.82 Å². The molecule has 0 radical (unpaired) electrons. The smallest absolute Gasteiger partial charge is 0.251 e. The summed E-state index contributed by atoms with van der Waals surface area (Å²) in [6, 6.07) is 8.36. The molecular formula is C17H22ClN5O2. The average molecular weight is 364 g/mol. The van der Waals surface area contributed by atoms with E-state index in [0.717, 1.165) is 12.0 Å². The Balaban J connectivity index is 0.00000225. The molecule has 2 heterocycles. The molecule has 134 valence electrons. The molecule has 1 aromatic carbocycles. The molecule has 1 aromatic heterocycles. The summed E-state index contributed by atoms with van der Waals surface area (Å²) in [6.07, 6.45) is 3.25. The Morgan fingerprint density at radius 2 is 2.04 bits per heavy atom. The van der Waals surface area contributed by atoms with Crippen LogP contribution < -0.4 is 16.0 Å². The molecule has 2 amide bonds. The highest BCUT2D eigenvalue weighted by molar-refractivity contribution is 6.02. The van der Waals surface area contributed by atoms with Gasteiger partial charge in [0.2, 0.25) is 0 Å². The molecule has 1 saturated heterocycles. The van der Waals surface area contributed by atoms with Crippen molar-refractivity contribution in [1.29, 1.82) is 0 Å². The first kappa shape index (κ1) is 19.0. The number of carbonyl (C=O) groups excluding carboxylic acids is 2. The Morgan fingerprint density at radius 3 is 2.64 bits per heavy atom. The van der Waals surface area contributed by atoms with E-state index < -0.39 is 6.04 Å². The van der Waals surface area contributed by atoms with Crippen molar-refractivity contribution in [3.8, 4) is 0 Å². The zero-order chi connectivity index (χ0) is 17.1. The fourth-order valence-corrected chi connectivity index (χ4v) is 2.82. The van der Waals surface area contributed by atoms with Gasteiger partial charge in [0.15, 0.2) is 5.82 Å². The summed E-state index contributed by atoms with van der Waals surface area (Å²) in [5.41, 5.74) is 7.04. The Kier molecular flexibility index (Phi) is 6.17. The van der Waals surface area contributed by atoms with Crippen molar-refractivity contribution in [2.45, 2.75) is 25.4 Å². The van der Waals surface area contributed by atoms with Crippen molar-refractivity contribution in [2.75, 3.05) is 11.4 Å². The van der Waals surface area contributed by atoms with Gasteiger partial charge < -0.3 is 11.1 Å². The molecule has 3 rings (SSSR count). The maximum absolute atomic E-state index is 12.6. The summed E-state index contributed by atoms with van der Waals surface area (Å²) < 4.78 is 1.66. The van der Waals surface area contributed by atoms with Crippen LogP contribution in [0.3, 0.4) is 0 Å². The summed E-state index contributed by atoms with van der Waals surface area (Å²) in [6.45, 7) is 1.05. The topological polar surface area (TPSA) is 93.2 Å². The monoisotopic (exact) mass is 363 g/mol. The quantitative estimate of drug-likeness (QED) is 0.854. The van der Waals surface area contributed by atoms with Gasteiger partial charge in [-0.05, 0) is 30.5 Å². The van der Waals surface area contributed by atoms with E-state index >= 15 is 0 Å². The van der Waals surface area contributed by atoms with E-state index in [9.17, 15) is 9.59 Å². The number of piperidine rings is 1. The van der Waals surface area contributed by atoms with Gasteiger partial charge in [0.1, 0.15) is 6.04 Å². The van der Waals surface area contributed by atoms with Gasteiger partial charge in [-0.2, -0.15) is 5.10 Å². The zero-order valence-electron chi connectivity index (χ0n) is 14.0. The number of nitrogens with one attached hydrogen (secondary N) is 1. The largest absolute Gasteiger partial charge is 0.340 e. The molecule has 7 nitrogen and oxygen atoms in total. The number of hydrogen-bond donors (Lipinski definition) is 2. The van der Waals surface area contributed by atoms with Crippen molar-refractivity contribution >= 4 is 30.0 Å². The Hall–Kier alpha value is -2.38. The number of rotatable bonds is 4. The third-order valence-electron chi connectivity index (χ3n) is 4.17. The summed E-state index contributed by atoms with van der Waals surface area (Å²) in [4.78, 5) is 26.7. The Bertz CT molecular complexity index is 744. The van der Waals surface area contributed by atoms with Crippen molar-refractivity contribution in [1.82, 2.24) is 15.1 Å². The molecule has 0 bridgehead atoms. The van der Waals surface area contributed by atoms with Crippen molar-refractivity contribution in [2.24, 2.45) is 12.8 Å². The van der Waals surface area contributed by atoms with Crippen LogP contribution in [0.2, 0.25) is 0 Å². The first-order valence-electron chi connectivity index (χ1n) is 7.99. The summed E-state index contributed by atoms with van der Waals surface area (Å²) in [5, 5.41) is 7.11. The van der Waals surface area contributed by atoms with E-state index in [0.29, 0.717) is 30.9 Å². The number of anilines is 1. The lowest BCUT2D eigenvalue weighted by atomic mass is 10.0. The minimum absolute atomic E-state index is 0. The number of benzene rings is 1. The fraction of sp³-hybridized carbons (Fsp3) is 0.353. The molecule has 1 atom stereocenters. The fourth-order valence-electron chi connectivity index (χ4n) is 2.82. The minimum Gasteiger partial charge on any atom is -0.340 e. The summed E-state index contributed by atoms with van der Waals surface area (Å²) >= 11 is 0. The highest BCUT2D eigenvalue weighted by Crippen LogP contribution is 2.19. The van der Waals surface area contributed by atoms with Gasteiger partial charge in [0, 0.05) is 38.0 Å². The number of halogens is 1. The van der Waals surface area contributed by atoms with E-state index in [1.165, 1.54) is 0 Å². The van der Waals surface area contributed by atoms with Gasteiger partial charge in [0.25, 0.3) is 11.8 Å². The van der Waals surface area contributed by atoms with Crippen LogP contribution in [0.25, 0.3) is 0 Å². The second kappa shape index (κ2) is 8.13. The number of aryl methyl sites for hydroxylation is 1. The summed E-state index contributed by atoms with van der Waals surface area (Å²) in [5.74, 6) is 0.250. The number of nitrogens with zero attached hydrogens (tertiary/aromatic N) is 3. The standard InChI is InChI=1S/C17H21N5O2.ClH/c1-21-10-8-15(20-21)22-9-2-3-14(17(22)24)19-16(23)13-6-4-12(11-18)5-7-13;/h4-8,10,14H,2-3,9,11,18H2,1H3,(H,19,23);1H. The normalized spacial score (nSPS) is 17.1. The van der Waals surface area contributed by atoms with Crippen LogP contribution in [0.15, 0.2) is 36.5 Å². The molecule has 0 aliphatic carbocycles. The lowest BCUT2D eigenvalue weighted by Crippen LogP contribution is -2.52. The Morgan fingerprint density at radius 1 is 1.32 bits per heavy atom. The number of aromatic nitrogens is 2. The molecule has 3 N–H and O–H groups in total. The molecule has 2 aromatic rings. The van der Waals surface area contributed by atoms with Crippen molar-refractivity contribution in [3.05, 3.63) is 47.7 Å². The third kappa shape index (κ3) is 4.18. The minimum atomic E-state index is -0.526. The Labute approximate surface area is 152 Å². The van der Waals surface area contributed by atoms with Crippen LogP contribution in [-0.4, -0.2) is 34.2 Å². The van der Waals surface area contributed by atoms with Gasteiger partial charge in [0.05, 0.1) is 0 Å². The molecule has 0 spiro atoms. The zero-order valence-corrected chi connectivity index (χ0v) is 14.8. The highest BCUT2D eigenvalue weighted by atomic mass is 35.5. The van der Waals surface area contributed by atoms with Gasteiger partial charge in [-0.15, -0.1) is 12.4 Å². The second-order valence-electron chi connectivity index (χ2n) is 5.91. The van der Waals surface area contributed by atoms with Crippen molar-refractivity contribution in [3.63, 3.8) is 0 Å². The van der Waals surface area contributed by atoms with Crippen molar-refractivity contribution < 1.29 is 9.59 Å². The molecule has 1 aliphatic rings. The number of amides is 2. The highest BCUT2D eigenvalue weighted by Gasteiger charge is 2.31. The van der Waals surface area contributed by atoms with Crippen LogP contribution in [0.5, 0.6) is 0 Å². The molecule has 1 fully saturated rings. The number of nitrogens with two attached hydrogens (primary N) is 1. The molecule has 25 heavy (non-hydrogen) atoms. The molecule has 1 aliphatic heterocycles. The van der Waals surface area contributed by atoms with E-state index in [4.69, 9.17) is 5.73 Å². The lowest BCUT2D eigenvalue weighted by molar-refractivity contribution is -0.121. The molecule has 8 heteroatoms. The number of carbonyl (C=O) groups is 2. The van der Waals surface area contributed by atoms with Crippen LogP contribution >= 0.6 is 12.4 Å². The van der Waals surface area contributed by atoms with Crippen LogP contribution in [-0.2, 0) is 18.4 Å². The average Bonchev–Trinajstić information content (AvgIpc) is 3.03. The number of hydrogen-bond acceptors (Lipinski definition) is 4. The van der Waals surface area contributed by atoms with Gasteiger partial charge in [-0.3, -0.25) is 19.2 Å². The maximum atomic E-state index is 12.6. The lowest BCUT2D eigenvalue weighted by Gasteiger charge is -2.31. The van der Waals surface area contributed by atoms with Crippen LogP contribution in [0.1, 0.15) is 28.8 Å². The maximum Gasteiger partial charge on any atom is 0.251 e. The van der Waals surface area contributed by atoms with Gasteiger partial charge in [-0.25, -0.2) is 0 Å². The van der Waals surface area contributed by atoms with Crippen LogP contribution in [0, 0.1) is 0 Å². The van der Waals surface area contributed by atoms with Gasteiger partial charge in [-0.1, -0.05) is 12.1 Å². The van der Waals surface area contributed by atoms with E-state index in [-0.39, 0.29) is 24.2 Å². The predicted octanol–water partition coefficient (Wildman–Crippen LogP) is 1.23. The third-order valence-corrected chi connectivity index (χ3v) is 4.17. The SMILES string of the molecule is Cl.Cn1ccc(N2CCCC(NC(=O)c3ccc(CN)cc3)C2=O)n1. The van der Waals surface area contributed by atoms with Gasteiger partial charge >= 0.3 is 0 Å².